The van der Waals surface area contributed by atoms with Crippen molar-refractivity contribution >= 4 is 17.5 Å². The first-order valence-corrected chi connectivity index (χ1v) is 5.79. The van der Waals surface area contributed by atoms with Crippen molar-refractivity contribution < 1.29 is 4.79 Å². The minimum Gasteiger partial charge on any atom is -0.367 e. The number of nitrogens with one attached hydrogen (secondary N) is 2. The van der Waals surface area contributed by atoms with Gasteiger partial charge in [-0.05, 0) is 36.2 Å². The van der Waals surface area contributed by atoms with Crippen LogP contribution in [0.15, 0.2) is 42.7 Å². The van der Waals surface area contributed by atoms with Gasteiger partial charge in [0, 0.05) is 29.5 Å². The lowest BCUT2D eigenvalue weighted by Gasteiger charge is -2.04. The van der Waals surface area contributed by atoms with Gasteiger partial charge in [-0.1, -0.05) is 17.7 Å². The molecular weight excluding hydrogens is 236 g/mol. The zero-order chi connectivity index (χ0) is 12.1. The van der Waals surface area contributed by atoms with Crippen molar-refractivity contribution in [2.24, 2.45) is 0 Å². The van der Waals surface area contributed by atoms with E-state index in [0.717, 1.165) is 6.42 Å². The number of hydrogen-bond donors (Lipinski definition) is 2. The molecule has 2 aromatic rings. The van der Waals surface area contributed by atoms with Gasteiger partial charge in [0.1, 0.15) is 0 Å². The first-order valence-electron chi connectivity index (χ1n) is 5.41. The Morgan fingerprint density at radius 3 is 2.94 bits per heavy atom. The van der Waals surface area contributed by atoms with Crippen LogP contribution in [0.1, 0.15) is 15.9 Å². The molecule has 0 aliphatic carbocycles. The molecule has 0 atom stereocenters. The Kier molecular flexibility index (Phi) is 3.83. The van der Waals surface area contributed by atoms with Crippen molar-refractivity contribution in [2.75, 3.05) is 6.54 Å². The predicted octanol–water partition coefficient (Wildman–Crippen LogP) is 2.64. The third-order valence-corrected chi connectivity index (χ3v) is 2.68. The number of hydrogen-bond acceptors (Lipinski definition) is 1. The summed E-state index contributed by atoms with van der Waals surface area (Å²) in [5.41, 5.74) is 1.77. The molecule has 0 radical (unpaired) electrons. The second-order valence-electron chi connectivity index (χ2n) is 3.74. The fourth-order valence-corrected chi connectivity index (χ4v) is 1.76. The van der Waals surface area contributed by atoms with Gasteiger partial charge in [0.25, 0.3) is 5.91 Å². The van der Waals surface area contributed by atoms with Crippen LogP contribution in [-0.4, -0.2) is 17.4 Å². The molecule has 1 amide bonds. The molecule has 2 rings (SSSR count). The number of carbonyl (C=O) groups excluding carboxylic acids is 1. The molecule has 0 spiro atoms. The Balaban J connectivity index is 1.85. The van der Waals surface area contributed by atoms with Gasteiger partial charge in [-0.15, -0.1) is 0 Å². The second-order valence-corrected chi connectivity index (χ2v) is 4.17. The molecule has 88 valence electrons. The summed E-state index contributed by atoms with van der Waals surface area (Å²) >= 11 is 5.82. The number of carbonyl (C=O) groups is 1. The molecule has 1 aromatic carbocycles. The number of rotatable bonds is 4. The van der Waals surface area contributed by atoms with E-state index in [9.17, 15) is 4.79 Å². The average molecular weight is 249 g/mol. The van der Waals surface area contributed by atoms with Crippen molar-refractivity contribution in [2.45, 2.75) is 6.42 Å². The van der Waals surface area contributed by atoms with Gasteiger partial charge < -0.3 is 10.3 Å². The van der Waals surface area contributed by atoms with Crippen LogP contribution in [0.25, 0.3) is 0 Å². The van der Waals surface area contributed by atoms with Gasteiger partial charge in [0.15, 0.2) is 0 Å². The number of aromatic amines is 1. The van der Waals surface area contributed by atoms with Crippen LogP contribution in [-0.2, 0) is 6.42 Å². The van der Waals surface area contributed by atoms with Crippen LogP contribution >= 0.6 is 11.6 Å². The molecule has 0 unspecified atom stereocenters. The molecule has 1 heterocycles. The second kappa shape index (κ2) is 5.55. The number of halogens is 1. The van der Waals surface area contributed by atoms with E-state index in [2.05, 4.69) is 10.3 Å². The van der Waals surface area contributed by atoms with Crippen LogP contribution in [0.4, 0.5) is 0 Å². The maximum Gasteiger partial charge on any atom is 0.251 e. The summed E-state index contributed by atoms with van der Waals surface area (Å²) in [4.78, 5) is 14.7. The highest BCUT2D eigenvalue weighted by atomic mass is 35.5. The largest absolute Gasteiger partial charge is 0.367 e. The minimum absolute atomic E-state index is 0.0944. The van der Waals surface area contributed by atoms with E-state index in [1.807, 2.05) is 18.5 Å². The summed E-state index contributed by atoms with van der Waals surface area (Å²) in [5, 5.41) is 3.43. The molecule has 0 saturated carbocycles. The van der Waals surface area contributed by atoms with E-state index < -0.39 is 0 Å². The average Bonchev–Trinajstić information content (AvgIpc) is 2.82. The highest BCUT2D eigenvalue weighted by Crippen LogP contribution is 2.10. The van der Waals surface area contributed by atoms with Gasteiger partial charge in [0.2, 0.25) is 0 Å². The standard InChI is InChI=1S/C13H13ClN2O/c14-12-3-1-2-11(8-12)13(17)16-7-5-10-4-6-15-9-10/h1-4,6,8-9,15H,5,7H2,(H,16,17). The van der Waals surface area contributed by atoms with E-state index >= 15 is 0 Å². The SMILES string of the molecule is O=C(NCCc1cc[nH]c1)c1cccc(Cl)c1. The van der Waals surface area contributed by atoms with Crippen LogP contribution in [0.2, 0.25) is 5.02 Å². The van der Waals surface area contributed by atoms with Gasteiger partial charge in [-0.3, -0.25) is 4.79 Å². The normalized spacial score (nSPS) is 10.2. The highest BCUT2D eigenvalue weighted by Gasteiger charge is 2.04. The van der Waals surface area contributed by atoms with Crippen LogP contribution in [0.3, 0.4) is 0 Å². The first kappa shape index (κ1) is 11.7. The molecule has 17 heavy (non-hydrogen) atoms. The lowest BCUT2D eigenvalue weighted by Crippen LogP contribution is -2.25. The topological polar surface area (TPSA) is 44.9 Å². The zero-order valence-electron chi connectivity index (χ0n) is 9.24. The molecule has 1 aromatic heterocycles. The maximum absolute atomic E-state index is 11.7. The lowest BCUT2D eigenvalue weighted by molar-refractivity contribution is 0.0954. The molecule has 0 bridgehead atoms. The Morgan fingerprint density at radius 1 is 1.35 bits per heavy atom. The minimum atomic E-state index is -0.0944. The number of amides is 1. The van der Waals surface area contributed by atoms with Crippen LogP contribution < -0.4 is 5.32 Å². The molecule has 3 nitrogen and oxygen atoms in total. The first-order chi connectivity index (χ1) is 8.25. The van der Waals surface area contributed by atoms with Gasteiger partial charge in [-0.25, -0.2) is 0 Å². The fraction of sp³-hybridized carbons (Fsp3) is 0.154. The number of H-pyrrole nitrogens is 1. The molecule has 2 N–H and O–H groups in total. The third-order valence-electron chi connectivity index (χ3n) is 2.45. The summed E-state index contributed by atoms with van der Waals surface area (Å²) in [7, 11) is 0. The van der Waals surface area contributed by atoms with Gasteiger partial charge in [0.05, 0.1) is 0 Å². The maximum atomic E-state index is 11.7. The van der Waals surface area contributed by atoms with E-state index in [1.165, 1.54) is 5.56 Å². The summed E-state index contributed by atoms with van der Waals surface area (Å²) in [6.07, 6.45) is 4.61. The smallest absolute Gasteiger partial charge is 0.251 e. The summed E-state index contributed by atoms with van der Waals surface area (Å²) in [6, 6.07) is 8.91. The Hall–Kier alpha value is -1.74. The molecule has 0 fully saturated rings. The van der Waals surface area contributed by atoms with E-state index in [-0.39, 0.29) is 5.91 Å². The van der Waals surface area contributed by atoms with Crippen molar-refractivity contribution in [3.05, 3.63) is 58.9 Å². The highest BCUT2D eigenvalue weighted by molar-refractivity contribution is 6.30. The molecule has 0 aliphatic rings. The Bertz CT molecular complexity index is 494. The number of benzene rings is 1. The third kappa shape index (κ3) is 3.36. The Labute approximate surface area is 105 Å². The summed E-state index contributed by atoms with van der Waals surface area (Å²) in [6.45, 7) is 0.614. The zero-order valence-corrected chi connectivity index (χ0v) is 10.00. The van der Waals surface area contributed by atoms with Crippen molar-refractivity contribution in [1.82, 2.24) is 10.3 Å². The van der Waals surface area contributed by atoms with Crippen LogP contribution in [0.5, 0.6) is 0 Å². The lowest BCUT2D eigenvalue weighted by atomic mass is 10.2. The fourth-order valence-electron chi connectivity index (χ4n) is 1.57. The summed E-state index contributed by atoms with van der Waals surface area (Å²) < 4.78 is 0. The van der Waals surface area contributed by atoms with E-state index in [1.54, 1.807) is 24.3 Å². The van der Waals surface area contributed by atoms with Crippen molar-refractivity contribution in [1.29, 1.82) is 0 Å². The number of aromatic nitrogens is 1. The van der Waals surface area contributed by atoms with E-state index in [4.69, 9.17) is 11.6 Å². The van der Waals surface area contributed by atoms with E-state index in [0.29, 0.717) is 17.1 Å². The monoisotopic (exact) mass is 248 g/mol. The van der Waals surface area contributed by atoms with Crippen LogP contribution in [0, 0.1) is 0 Å². The van der Waals surface area contributed by atoms with Gasteiger partial charge in [-0.2, -0.15) is 0 Å². The molecule has 4 heteroatoms. The molecule has 0 saturated heterocycles. The molecule has 0 aliphatic heterocycles. The Morgan fingerprint density at radius 2 is 2.24 bits per heavy atom. The molecular formula is C13H13ClN2O. The predicted molar refractivity (Wildman–Crippen MR) is 68.3 cm³/mol. The summed E-state index contributed by atoms with van der Waals surface area (Å²) in [5.74, 6) is -0.0944. The van der Waals surface area contributed by atoms with Crippen molar-refractivity contribution in [3.63, 3.8) is 0 Å². The van der Waals surface area contributed by atoms with Gasteiger partial charge >= 0.3 is 0 Å². The quantitative estimate of drug-likeness (QED) is 0.859. The van der Waals surface area contributed by atoms with Crippen molar-refractivity contribution in [3.8, 4) is 0 Å².